The first-order valence-corrected chi connectivity index (χ1v) is 7.21. The van der Waals surface area contributed by atoms with Gasteiger partial charge < -0.3 is 10.2 Å². The van der Waals surface area contributed by atoms with Crippen molar-refractivity contribution in [2.45, 2.75) is 6.42 Å². The van der Waals surface area contributed by atoms with Crippen LogP contribution in [0.4, 0.5) is 5.82 Å². The van der Waals surface area contributed by atoms with Gasteiger partial charge in [0.15, 0.2) is 0 Å². The fourth-order valence-corrected chi connectivity index (χ4v) is 3.47. The Morgan fingerprint density at radius 2 is 1.95 bits per heavy atom. The lowest BCUT2D eigenvalue weighted by Crippen LogP contribution is -2.40. The summed E-state index contributed by atoms with van der Waals surface area (Å²) in [6.07, 6.45) is 1.30. The smallest absolute Gasteiger partial charge is 0.129 e. The third-order valence-corrected chi connectivity index (χ3v) is 4.61. The highest BCUT2D eigenvalue weighted by molar-refractivity contribution is 5.80. The third kappa shape index (κ3) is 1.98. The van der Waals surface area contributed by atoms with E-state index in [1.165, 1.54) is 24.9 Å². The largest absolute Gasteiger partial charge is 0.356 e. The molecule has 3 nitrogen and oxygen atoms in total. The Bertz CT molecular complexity index is 595. The van der Waals surface area contributed by atoms with Crippen molar-refractivity contribution in [2.24, 2.45) is 11.8 Å². The molecule has 0 aliphatic carbocycles. The van der Waals surface area contributed by atoms with Crippen molar-refractivity contribution in [2.75, 3.05) is 31.1 Å². The van der Waals surface area contributed by atoms with Gasteiger partial charge in [-0.2, -0.15) is 0 Å². The summed E-state index contributed by atoms with van der Waals surface area (Å²) in [5.74, 6) is 2.84. The van der Waals surface area contributed by atoms with Gasteiger partial charge in [0.25, 0.3) is 0 Å². The molecule has 1 aromatic heterocycles. The molecule has 0 saturated carbocycles. The Balaban J connectivity index is 1.63. The molecule has 4 rings (SSSR count). The molecule has 2 aliphatic heterocycles. The van der Waals surface area contributed by atoms with Crippen LogP contribution in [0.2, 0.25) is 0 Å². The fourth-order valence-electron chi connectivity index (χ4n) is 3.47. The van der Waals surface area contributed by atoms with Gasteiger partial charge >= 0.3 is 0 Å². The highest BCUT2D eigenvalue weighted by Crippen LogP contribution is 2.29. The van der Waals surface area contributed by atoms with Gasteiger partial charge in [-0.05, 0) is 49.5 Å². The molecule has 2 fully saturated rings. The molecule has 2 unspecified atom stereocenters. The van der Waals surface area contributed by atoms with Crippen LogP contribution in [0.15, 0.2) is 36.4 Å². The zero-order valence-corrected chi connectivity index (χ0v) is 11.0. The standard InChI is InChI=1S/C16H19N3/c1-2-4-15-12(3-1)5-6-16(18-15)19-8-7-13-9-17-10-14(13)11-19/h1-6,13-14,17H,7-11H2. The molecule has 0 amide bonds. The molecule has 2 saturated heterocycles. The summed E-state index contributed by atoms with van der Waals surface area (Å²) in [7, 11) is 0. The molecule has 98 valence electrons. The molecule has 2 aromatic rings. The Hall–Kier alpha value is -1.61. The van der Waals surface area contributed by atoms with E-state index < -0.39 is 0 Å². The van der Waals surface area contributed by atoms with E-state index in [4.69, 9.17) is 4.98 Å². The fraction of sp³-hybridized carbons (Fsp3) is 0.438. The second-order valence-corrected chi connectivity index (χ2v) is 5.78. The van der Waals surface area contributed by atoms with Gasteiger partial charge in [-0.1, -0.05) is 18.2 Å². The summed E-state index contributed by atoms with van der Waals surface area (Å²) >= 11 is 0. The Morgan fingerprint density at radius 1 is 1.05 bits per heavy atom. The SMILES string of the molecule is c1ccc2nc(N3CCC4CNCC4C3)ccc2c1. The number of anilines is 1. The second kappa shape index (κ2) is 4.49. The second-order valence-electron chi connectivity index (χ2n) is 5.78. The van der Waals surface area contributed by atoms with Crippen LogP contribution >= 0.6 is 0 Å². The predicted molar refractivity (Wildman–Crippen MR) is 78.4 cm³/mol. The number of para-hydroxylation sites is 1. The maximum atomic E-state index is 4.82. The molecule has 0 spiro atoms. The van der Waals surface area contributed by atoms with Crippen LogP contribution in [0, 0.1) is 11.8 Å². The summed E-state index contributed by atoms with van der Waals surface area (Å²) in [5.41, 5.74) is 1.10. The van der Waals surface area contributed by atoms with Crippen LogP contribution < -0.4 is 10.2 Å². The summed E-state index contributed by atoms with van der Waals surface area (Å²) in [6.45, 7) is 4.69. The van der Waals surface area contributed by atoms with Crippen molar-refractivity contribution >= 4 is 16.7 Å². The average molecular weight is 253 g/mol. The maximum Gasteiger partial charge on any atom is 0.129 e. The van der Waals surface area contributed by atoms with E-state index in [0.29, 0.717) is 0 Å². The van der Waals surface area contributed by atoms with E-state index in [1.807, 2.05) is 0 Å². The van der Waals surface area contributed by atoms with Crippen molar-refractivity contribution in [3.63, 3.8) is 0 Å². The Morgan fingerprint density at radius 3 is 2.95 bits per heavy atom. The first kappa shape index (κ1) is 11.2. The Kier molecular flexibility index (Phi) is 2.66. The van der Waals surface area contributed by atoms with E-state index in [1.54, 1.807) is 0 Å². The number of hydrogen-bond donors (Lipinski definition) is 1. The summed E-state index contributed by atoms with van der Waals surface area (Å²) in [4.78, 5) is 7.28. The van der Waals surface area contributed by atoms with E-state index in [2.05, 4.69) is 46.6 Å². The molecule has 1 aromatic carbocycles. The van der Waals surface area contributed by atoms with Gasteiger partial charge in [0.2, 0.25) is 0 Å². The van der Waals surface area contributed by atoms with Gasteiger partial charge in [-0.3, -0.25) is 0 Å². The van der Waals surface area contributed by atoms with E-state index in [0.717, 1.165) is 36.3 Å². The molecular weight excluding hydrogens is 234 g/mol. The molecule has 2 atom stereocenters. The minimum atomic E-state index is 0.807. The first-order valence-electron chi connectivity index (χ1n) is 7.21. The number of hydrogen-bond acceptors (Lipinski definition) is 3. The van der Waals surface area contributed by atoms with Crippen LogP contribution in [0.3, 0.4) is 0 Å². The lowest BCUT2D eigenvalue weighted by molar-refractivity contribution is 0.348. The van der Waals surface area contributed by atoms with Crippen LogP contribution in [-0.2, 0) is 0 Å². The van der Waals surface area contributed by atoms with Crippen LogP contribution in [0.1, 0.15) is 6.42 Å². The summed E-state index contributed by atoms with van der Waals surface area (Å²) in [6, 6.07) is 12.7. The van der Waals surface area contributed by atoms with Crippen molar-refractivity contribution in [1.29, 1.82) is 0 Å². The number of rotatable bonds is 1. The number of pyridine rings is 1. The zero-order valence-electron chi connectivity index (χ0n) is 11.0. The van der Waals surface area contributed by atoms with Crippen molar-refractivity contribution in [3.05, 3.63) is 36.4 Å². The van der Waals surface area contributed by atoms with E-state index in [-0.39, 0.29) is 0 Å². The van der Waals surface area contributed by atoms with Crippen LogP contribution in [-0.4, -0.2) is 31.2 Å². The minimum Gasteiger partial charge on any atom is -0.356 e. The number of piperidine rings is 1. The van der Waals surface area contributed by atoms with Gasteiger partial charge in [-0.25, -0.2) is 4.98 Å². The van der Waals surface area contributed by atoms with E-state index in [9.17, 15) is 0 Å². The van der Waals surface area contributed by atoms with Gasteiger partial charge in [0.1, 0.15) is 5.82 Å². The van der Waals surface area contributed by atoms with Crippen molar-refractivity contribution < 1.29 is 0 Å². The van der Waals surface area contributed by atoms with Crippen LogP contribution in [0.5, 0.6) is 0 Å². The van der Waals surface area contributed by atoms with E-state index >= 15 is 0 Å². The number of benzene rings is 1. The molecule has 2 aliphatic rings. The molecule has 19 heavy (non-hydrogen) atoms. The van der Waals surface area contributed by atoms with Gasteiger partial charge in [0, 0.05) is 18.5 Å². The van der Waals surface area contributed by atoms with Crippen molar-refractivity contribution in [3.8, 4) is 0 Å². The topological polar surface area (TPSA) is 28.2 Å². The maximum absolute atomic E-state index is 4.82. The number of nitrogens with one attached hydrogen (secondary N) is 1. The summed E-state index contributed by atoms with van der Waals surface area (Å²) < 4.78 is 0. The number of aromatic nitrogens is 1. The lowest BCUT2D eigenvalue weighted by Gasteiger charge is -2.35. The zero-order chi connectivity index (χ0) is 12.7. The van der Waals surface area contributed by atoms with Crippen molar-refractivity contribution in [1.82, 2.24) is 10.3 Å². The molecule has 3 heteroatoms. The Labute approximate surface area is 113 Å². The highest BCUT2D eigenvalue weighted by Gasteiger charge is 2.33. The predicted octanol–water partition coefficient (Wildman–Crippen LogP) is 2.28. The van der Waals surface area contributed by atoms with Crippen LogP contribution in [0.25, 0.3) is 10.9 Å². The quantitative estimate of drug-likeness (QED) is 0.845. The molecule has 3 heterocycles. The summed E-state index contributed by atoms with van der Waals surface area (Å²) in [5, 5.41) is 4.74. The molecular formula is C16H19N3. The monoisotopic (exact) mass is 253 g/mol. The molecule has 0 bridgehead atoms. The number of nitrogens with zero attached hydrogens (tertiary/aromatic N) is 2. The first-order chi connectivity index (χ1) is 9.40. The minimum absolute atomic E-state index is 0.807. The normalized spacial score (nSPS) is 26.6. The highest BCUT2D eigenvalue weighted by atomic mass is 15.2. The number of fused-ring (bicyclic) bond motifs is 2. The van der Waals surface area contributed by atoms with Gasteiger partial charge in [0.05, 0.1) is 5.52 Å². The lowest BCUT2D eigenvalue weighted by atomic mass is 9.89. The third-order valence-electron chi connectivity index (χ3n) is 4.61. The molecule has 0 radical (unpaired) electrons. The van der Waals surface area contributed by atoms with Gasteiger partial charge in [-0.15, -0.1) is 0 Å². The average Bonchev–Trinajstić information content (AvgIpc) is 2.94. The molecule has 1 N–H and O–H groups in total.